The third kappa shape index (κ3) is 3.11. The molecule has 4 heteroatoms. The van der Waals surface area contributed by atoms with Gasteiger partial charge in [-0.25, -0.2) is 0 Å². The highest BCUT2D eigenvalue weighted by Crippen LogP contribution is 2.28. The number of hydrogen-bond acceptors (Lipinski definition) is 3. The Kier molecular flexibility index (Phi) is 3.99. The van der Waals surface area contributed by atoms with Crippen molar-refractivity contribution < 1.29 is 4.92 Å². The van der Waals surface area contributed by atoms with Crippen molar-refractivity contribution in [1.82, 2.24) is 0 Å². The molecule has 0 unspecified atom stereocenters. The first kappa shape index (κ1) is 12.6. The first-order valence-electron chi connectivity index (χ1n) is 5.58. The summed E-state index contributed by atoms with van der Waals surface area (Å²) in [4.78, 5) is 11.4. The molecule has 0 saturated heterocycles. The molecule has 0 saturated carbocycles. The third-order valence-corrected chi connectivity index (χ3v) is 3.85. The Hall–Kier alpha value is -1.81. The van der Waals surface area contributed by atoms with E-state index in [0.29, 0.717) is 0 Å². The molecule has 0 atom stereocenters. The van der Waals surface area contributed by atoms with Crippen LogP contribution < -0.4 is 0 Å². The Morgan fingerprint density at radius 3 is 2.50 bits per heavy atom. The zero-order valence-electron chi connectivity index (χ0n) is 10.00. The molecular weight excluding hydrogens is 246 g/mol. The zero-order chi connectivity index (χ0) is 13.0. The van der Waals surface area contributed by atoms with E-state index >= 15 is 0 Å². The lowest BCUT2D eigenvalue weighted by molar-refractivity contribution is -0.385. The molecule has 0 bridgehead atoms. The number of non-ortho nitro benzene ring substituents is 1. The zero-order valence-corrected chi connectivity index (χ0v) is 10.8. The Morgan fingerprint density at radius 2 is 1.89 bits per heavy atom. The summed E-state index contributed by atoms with van der Waals surface area (Å²) < 4.78 is 0. The van der Waals surface area contributed by atoms with E-state index in [1.165, 1.54) is 5.56 Å². The topological polar surface area (TPSA) is 43.1 Å². The summed E-state index contributed by atoms with van der Waals surface area (Å²) in [6.45, 7) is 1.90. The molecule has 0 N–H and O–H groups in total. The van der Waals surface area contributed by atoms with E-state index in [1.807, 2.05) is 31.2 Å². The fraction of sp³-hybridized carbons (Fsp3) is 0.143. The van der Waals surface area contributed by atoms with Gasteiger partial charge in [-0.05, 0) is 24.1 Å². The number of nitro benzene ring substituents is 1. The summed E-state index contributed by atoms with van der Waals surface area (Å²) in [5.41, 5.74) is 2.35. The Balaban J connectivity index is 2.08. The van der Waals surface area contributed by atoms with Crippen molar-refractivity contribution in [3.8, 4) is 0 Å². The Bertz CT molecular complexity index is 555. The minimum Gasteiger partial charge on any atom is -0.258 e. The lowest BCUT2D eigenvalue weighted by Crippen LogP contribution is -1.90. The van der Waals surface area contributed by atoms with Crippen molar-refractivity contribution in [1.29, 1.82) is 0 Å². The first-order chi connectivity index (χ1) is 8.66. The molecule has 0 heterocycles. The molecule has 18 heavy (non-hydrogen) atoms. The van der Waals surface area contributed by atoms with Gasteiger partial charge in [0.1, 0.15) is 0 Å². The van der Waals surface area contributed by atoms with Crippen molar-refractivity contribution in [2.75, 3.05) is 0 Å². The molecule has 2 rings (SSSR count). The van der Waals surface area contributed by atoms with Crippen LogP contribution in [0.25, 0.3) is 0 Å². The molecule has 0 aromatic heterocycles. The van der Waals surface area contributed by atoms with Crippen molar-refractivity contribution in [3.63, 3.8) is 0 Å². The highest BCUT2D eigenvalue weighted by molar-refractivity contribution is 7.98. The van der Waals surface area contributed by atoms with E-state index in [9.17, 15) is 10.1 Å². The highest BCUT2D eigenvalue weighted by atomic mass is 32.2. The second-order valence-electron chi connectivity index (χ2n) is 3.98. The molecule has 2 aromatic carbocycles. The first-order valence-corrected chi connectivity index (χ1v) is 6.57. The fourth-order valence-electron chi connectivity index (χ4n) is 1.64. The number of benzene rings is 2. The quantitative estimate of drug-likeness (QED) is 0.469. The monoisotopic (exact) mass is 259 g/mol. The number of nitrogens with zero attached hydrogens (tertiary/aromatic N) is 1. The summed E-state index contributed by atoms with van der Waals surface area (Å²) in [7, 11) is 0. The summed E-state index contributed by atoms with van der Waals surface area (Å²) in [5.74, 6) is 0.874. The second kappa shape index (κ2) is 5.69. The largest absolute Gasteiger partial charge is 0.269 e. The van der Waals surface area contributed by atoms with Crippen LogP contribution in [0.2, 0.25) is 0 Å². The maximum Gasteiger partial charge on any atom is 0.269 e. The van der Waals surface area contributed by atoms with Gasteiger partial charge in [0.05, 0.1) is 4.92 Å². The van der Waals surface area contributed by atoms with Crippen LogP contribution >= 0.6 is 11.8 Å². The van der Waals surface area contributed by atoms with Crippen LogP contribution in [0.4, 0.5) is 5.69 Å². The van der Waals surface area contributed by atoms with Crippen molar-refractivity contribution in [2.45, 2.75) is 17.6 Å². The molecule has 3 nitrogen and oxygen atoms in total. The molecule has 0 fully saturated rings. The van der Waals surface area contributed by atoms with Gasteiger partial charge >= 0.3 is 0 Å². The van der Waals surface area contributed by atoms with Crippen LogP contribution in [0.1, 0.15) is 11.1 Å². The number of aryl methyl sites for hydroxylation is 1. The van der Waals surface area contributed by atoms with Gasteiger partial charge in [-0.2, -0.15) is 0 Å². The van der Waals surface area contributed by atoms with E-state index in [0.717, 1.165) is 16.2 Å². The summed E-state index contributed by atoms with van der Waals surface area (Å²) >= 11 is 1.70. The second-order valence-corrected chi connectivity index (χ2v) is 5.00. The van der Waals surface area contributed by atoms with Gasteiger partial charge in [-0.3, -0.25) is 10.1 Å². The molecule has 2 aromatic rings. The third-order valence-electron chi connectivity index (χ3n) is 2.61. The van der Waals surface area contributed by atoms with Crippen LogP contribution in [0.5, 0.6) is 0 Å². The van der Waals surface area contributed by atoms with Gasteiger partial charge in [0, 0.05) is 22.8 Å². The summed E-state index contributed by atoms with van der Waals surface area (Å²) in [6, 6.07) is 15.2. The lowest BCUT2D eigenvalue weighted by atomic mass is 10.2. The average Bonchev–Trinajstić information content (AvgIpc) is 2.38. The van der Waals surface area contributed by atoms with Gasteiger partial charge in [0.25, 0.3) is 5.69 Å². The minimum atomic E-state index is -0.362. The SMILES string of the molecule is Cc1cc([N+](=O)[O-])ccc1SCc1ccccc1. The van der Waals surface area contributed by atoms with Gasteiger partial charge in [0.2, 0.25) is 0 Å². The lowest BCUT2D eigenvalue weighted by Gasteiger charge is -2.05. The van der Waals surface area contributed by atoms with E-state index in [2.05, 4.69) is 12.1 Å². The van der Waals surface area contributed by atoms with Crippen LogP contribution in [0.15, 0.2) is 53.4 Å². The van der Waals surface area contributed by atoms with Gasteiger partial charge in [-0.1, -0.05) is 30.3 Å². The van der Waals surface area contributed by atoms with Gasteiger partial charge in [-0.15, -0.1) is 11.8 Å². The molecule has 0 spiro atoms. The predicted octanol–water partition coefficient (Wildman–Crippen LogP) is 4.20. The van der Waals surface area contributed by atoms with Crippen molar-refractivity contribution in [2.24, 2.45) is 0 Å². The maximum atomic E-state index is 10.6. The van der Waals surface area contributed by atoms with Crippen LogP contribution in [0, 0.1) is 17.0 Å². The van der Waals surface area contributed by atoms with E-state index < -0.39 is 0 Å². The molecule has 0 aliphatic heterocycles. The predicted molar refractivity (Wildman–Crippen MR) is 73.8 cm³/mol. The summed E-state index contributed by atoms with van der Waals surface area (Å²) in [5, 5.41) is 10.6. The normalized spacial score (nSPS) is 10.3. The fourth-order valence-corrected chi connectivity index (χ4v) is 2.61. The summed E-state index contributed by atoms with van der Waals surface area (Å²) in [6.07, 6.45) is 0. The smallest absolute Gasteiger partial charge is 0.258 e. The molecule has 92 valence electrons. The highest BCUT2D eigenvalue weighted by Gasteiger charge is 2.08. The van der Waals surface area contributed by atoms with E-state index in [4.69, 9.17) is 0 Å². The van der Waals surface area contributed by atoms with Crippen LogP contribution in [-0.2, 0) is 5.75 Å². The van der Waals surface area contributed by atoms with Gasteiger partial charge in [0.15, 0.2) is 0 Å². The van der Waals surface area contributed by atoms with Crippen molar-refractivity contribution in [3.05, 3.63) is 69.8 Å². The average molecular weight is 259 g/mol. The maximum absolute atomic E-state index is 10.6. The minimum absolute atomic E-state index is 0.150. The standard InChI is InChI=1S/C14H13NO2S/c1-11-9-13(15(16)17)7-8-14(11)18-10-12-5-3-2-4-6-12/h2-9H,10H2,1H3. The molecule has 0 radical (unpaired) electrons. The molecular formula is C14H13NO2S. The Morgan fingerprint density at radius 1 is 1.17 bits per heavy atom. The van der Waals surface area contributed by atoms with Crippen molar-refractivity contribution >= 4 is 17.4 Å². The number of thioether (sulfide) groups is 1. The van der Waals surface area contributed by atoms with Gasteiger partial charge < -0.3 is 0 Å². The number of hydrogen-bond donors (Lipinski definition) is 0. The van der Waals surface area contributed by atoms with Crippen LogP contribution in [-0.4, -0.2) is 4.92 Å². The molecule has 0 amide bonds. The molecule has 0 aliphatic carbocycles. The van der Waals surface area contributed by atoms with E-state index in [-0.39, 0.29) is 10.6 Å². The number of nitro groups is 1. The van der Waals surface area contributed by atoms with Crippen LogP contribution in [0.3, 0.4) is 0 Å². The molecule has 0 aliphatic rings. The van der Waals surface area contributed by atoms with E-state index in [1.54, 1.807) is 23.9 Å². The number of rotatable bonds is 4. The Labute approximate surface area is 110 Å².